The number of hydrogen-bond acceptors (Lipinski definition) is 3. The second kappa shape index (κ2) is 4.20. The molecule has 0 saturated carbocycles. The molecule has 3 nitrogen and oxygen atoms in total. The van der Waals surface area contributed by atoms with Crippen LogP contribution in [0.2, 0.25) is 0 Å². The fourth-order valence-corrected chi connectivity index (χ4v) is 1.89. The topological polar surface area (TPSA) is 40.5 Å². The normalized spacial score (nSPS) is 32.0. The lowest BCUT2D eigenvalue weighted by molar-refractivity contribution is -0.118. The molecule has 0 spiro atoms. The van der Waals surface area contributed by atoms with E-state index in [0.29, 0.717) is 12.3 Å². The number of carbonyl (C=O) groups is 1. The number of likely N-dealkylation sites (tertiary alicyclic amines) is 1. The van der Waals surface area contributed by atoms with Crippen LogP contribution in [0.1, 0.15) is 27.2 Å². The van der Waals surface area contributed by atoms with Crippen molar-refractivity contribution in [3.05, 3.63) is 0 Å². The van der Waals surface area contributed by atoms with Gasteiger partial charge in [-0.3, -0.25) is 9.69 Å². The Morgan fingerprint density at radius 1 is 1.62 bits per heavy atom. The maximum Gasteiger partial charge on any atom is 0.131 e. The van der Waals surface area contributed by atoms with Crippen LogP contribution >= 0.6 is 0 Å². The highest BCUT2D eigenvalue weighted by Crippen LogP contribution is 2.19. The highest BCUT2D eigenvalue weighted by Gasteiger charge is 2.30. The lowest BCUT2D eigenvalue weighted by Crippen LogP contribution is -2.33. The Balaban J connectivity index is 2.41. The summed E-state index contributed by atoms with van der Waals surface area (Å²) in [5.74, 6) is 0.566. The van der Waals surface area contributed by atoms with Crippen molar-refractivity contribution in [1.82, 2.24) is 4.90 Å². The van der Waals surface area contributed by atoms with E-state index >= 15 is 0 Å². The second-order valence-electron chi connectivity index (χ2n) is 4.25. The number of Topliss-reactive ketones (excluding diaryl/α,β-unsaturated/α-hetero) is 1. The summed E-state index contributed by atoms with van der Waals surface area (Å²) in [6.07, 6.45) is 0.383. The summed E-state index contributed by atoms with van der Waals surface area (Å²) < 4.78 is 0. The summed E-state index contributed by atoms with van der Waals surface area (Å²) in [5.41, 5.74) is 0. The fourth-order valence-electron chi connectivity index (χ4n) is 1.89. The summed E-state index contributed by atoms with van der Waals surface area (Å²) >= 11 is 0. The highest BCUT2D eigenvalue weighted by atomic mass is 16.3. The lowest BCUT2D eigenvalue weighted by Gasteiger charge is -2.22. The first kappa shape index (κ1) is 10.7. The van der Waals surface area contributed by atoms with Crippen LogP contribution in [0.15, 0.2) is 0 Å². The first-order chi connectivity index (χ1) is 6.00. The van der Waals surface area contributed by atoms with Crippen molar-refractivity contribution < 1.29 is 9.90 Å². The van der Waals surface area contributed by atoms with Gasteiger partial charge in [-0.1, -0.05) is 6.92 Å². The maximum absolute atomic E-state index is 10.9. The number of rotatable bonds is 3. The quantitative estimate of drug-likeness (QED) is 0.702. The van der Waals surface area contributed by atoms with Gasteiger partial charge in [-0.15, -0.1) is 0 Å². The van der Waals surface area contributed by atoms with E-state index in [9.17, 15) is 9.90 Å². The third kappa shape index (κ3) is 2.78. The molecule has 1 aliphatic heterocycles. The van der Waals surface area contributed by atoms with Crippen LogP contribution in [0.5, 0.6) is 0 Å². The molecule has 0 aromatic rings. The molecule has 1 saturated heterocycles. The van der Waals surface area contributed by atoms with Gasteiger partial charge in [0.2, 0.25) is 0 Å². The Labute approximate surface area is 79.7 Å². The molecule has 0 aliphatic carbocycles. The average molecular weight is 185 g/mol. The summed E-state index contributed by atoms with van der Waals surface area (Å²) in [6, 6.07) is 0.275. The highest BCUT2D eigenvalue weighted by molar-refractivity contribution is 5.76. The third-order valence-corrected chi connectivity index (χ3v) is 2.81. The molecule has 1 heterocycles. The van der Waals surface area contributed by atoms with E-state index in [1.54, 1.807) is 6.92 Å². The number of aliphatic hydroxyl groups excluding tert-OH is 1. The molecule has 1 aliphatic rings. The first-order valence-corrected chi connectivity index (χ1v) is 4.92. The second-order valence-corrected chi connectivity index (χ2v) is 4.25. The smallest absolute Gasteiger partial charge is 0.131 e. The predicted molar refractivity (Wildman–Crippen MR) is 51.5 cm³/mol. The van der Waals surface area contributed by atoms with E-state index in [2.05, 4.69) is 4.90 Å². The summed E-state index contributed by atoms with van der Waals surface area (Å²) in [4.78, 5) is 13.1. The Kier molecular flexibility index (Phi) is 3.45. The number of carbonyl (C=O) groups excluding carboxylic acids is 1. The molecule has 0 radical (unpaired) electrons. The first-order valence-electron chi connectivity index (χ1n) is 4.92. The number of ketones is 1. The van der Waals surface area contributed by atoms with Gasteiger partial charge in [0, 0.05) is 25.6 Å². The molecule has 0 bridgehead atoms. The predicted octanol–water partition coefficient (Wildman–Crippen LogP) is 0.667. The van der Waals surface area contributed by atoms with Gasteiger partial charge < -0.3 is 5.11 Å². The molecular formula is C10H19NO2. The molecule has 1 N–H and O–H groups in total. The van der Waals surface area contributed by atoms with Gasteiger partial charge in [0.1, 0.15) is 5.78 Å². The zero-order valence-corrected chi connectivity index (χ0v) is 8.66. The van der Waals surface area contributed by atoms with E-state index in [1.807, 2.05) is 13.8 Å². The van der Waals surface area contributed by atoms with Crippen molar-refractivity contribution in [1.29, 1.82) is 0 Å². The van der Waals surface area contributed by atoms with Gasteiger partial charge in [-0.05, 0) is 19.8 Å². The Hall–Kier alpha value is -0.410. The van der Waals surface area contributed by atoms with Crippen molar-refractivity contribution in [2.75, 3.05) is 13.1 Å². The van der Waals surface area contributed by atoms with Gasteiger partial charge in [0.15, 0.2) is 0 Å². The number of aliphatic hydroxyl groups is 1. The molecule has 0 aromatic carbocycles. The van der Waals surface area contributed by atoms with Crippen molar-refractivity contribution in [3.63, 3.8) is 0 Å². The summed E-state index contributed by atoms with van der Waals surface area (Å²) in [5, 5.41) is 9.52. The molecule has 3 heteroatoms. The molecule has 0 amide bonds. The number of nitrogens with zero attached hydrogens (tertiary/aromatic N) is 1. The van der Waals surface area contributed by atoms with Crippen LogP contribution in [-0.4, -0.2) is 41.0 Å². The molecule has 13 heavy (non-hydrogen) atoms. The van der Waals surface area contributed by atoms with Crippen LogP contribution in [0.4, 0.5) is 0 Å². The van der Waals surface area contributed by atoms with Gasteiger partial charge in [0.25, 0.3) is 0 Å². The maximum atomic E-state index is 10.9. The zero-order valence-electron chi connectivity index (χ0n) is 8.66. The van der Waals surface area contributed by atoms with E-state index in [0.717, 1.165) is 13.1 Å². The lowest BCUT2D eigenvalue weighted by atomic mass is 10.1. The fraction of sp³-hybridized carbons (Fsp3) is 0.900. The van der Waals surface area contributed by atoms with Gasteiger partial charge in [0.05, 0.1) is 6.10 Å². The van der Waals surface area contributed by atoms with E-state index in [-0.39, 0.29) is 17.9 Å². The van der Waals surface area contributed by atoms with Crippen molar-refractivity contribution in [2.24, 2.45) is 5.92 Å². The average Bonchev–Trinajstić information content (AvgIpc) is 2.31. The molecule has 1 fully saturated rings. The number of hydrogen-bond donors (Lipinski definition) is 1. The summed E-state index contributed by atoms with van der Waals surface area (Å²) in [6.45, 7) is 7.34. The minimum Gasteiger partial charge on any atom is -0.391 e. The SMILES string of the molecule is CC(=O)CC(C)N1CC(C)C(O)C1. The molecular weight excluding hydrogens is 166 g/mol. The van der Waals surface area contributed by atoms with Gasteiger partial charge in [-0.2, -0.15) is 0 Å². The molecule has 76 valence electrons. The van der Waals surface area contributed by atoms with Crippen LogP contribution in [-0.2, 0) is 4.79 Å². The van der Waals surface area contributed by atoms with E-state index < -0.39 is 0 Å². The van der Waals surface area contributed by atoms with Crippen LogP contribution in [0.25, 0.3) is 0 Å². The Bertz CT molecular complexity index is 183. The van der Waals surface area contributed by atoms with Crippen molar-refractivity contribution >= 4 is 5.78 Å². The van der Waals surface area contributed by atoms with Gasteiger partial charge in [-0.25, -0.2) is 0 Å². The van der Waals surface area contributed by atoms with E-state index in [1.165, 1.54) is 0 Å². The zero-order chi connectivity index (χ0) is 10.0. The van der Waals surface area contributed by atoms with Crippen LogP contribution in [0, 0.1) is 5.92 Å². The van der Waals surface area contributed by atoms with Crippen LogP contribution < -0.4 is 0 Å². The minimum absolute atomic E-state index is 0.214. The van der Waals surface area contributed by atoms with Crippen molar-refractivity contribution in [3.8, 4) is 0 Å². The molecule has 3 unspecified atom stereocenters. The Morgan fingerprint density at radius 3 is 2.62 bits per heavy atom. The minimum atomic E-state index is -0.214. The Morgan fingerprint density at radius 2 is 2.23 bits per heavy atom. The third-order valence-electron chi connectivity index (χ3n) is 2.81. The van der Waals surface area contributed by atoms with E-state index in [4.69, 9.17) is 0 Å². The largest absolute Gasteiger partial charge is 0.391 e. The molecule has 0 aromatic heterocycles. The molecule has 1 rings (SSSR count). The number of β-amino-alcohol motifs (C(OH)–C–C–N with tert-alkyl or cyclic N) is 1. The van der Waals surface area contributed by atoms with Gasteiger partial charge >= 0.3 is 0 Å². The monoisotopic (exact) mass is 185 g/mol. The van der Waals surface area contributed by atoms with Crippen LogP contribution in [0.3, 0.4) is 0 Å². The van der Waals surface area contributed by atoms with Crippen molar-refractivity contribution in [2.45, 2.75) is 39.3 Å². The molecule has 3 atom stereocenters. The standard InChI is InChI=1S/C10H19NO2/c1-7-5-11(6-10(7)13)8(2)4-9(3)12/h7-8,10,13H,4-6H2,1-3H3. The summed E-state index contributed by atoms with van der Waals surface area (Å²) in [7, 11) is 0.